The van der Waals surface area contributed by atoms with E-state index in [1.165, 1.54) is 7.11 Å². The van der Waals surface area contributed by atoms with E-state index in [0.717, 1.165) is 0 Å². The molecule has 0 spiro atoms. The summed E-state index contributed by atoms with van der Waals surface area (Å²) >= 11 is 1.57. The van der Waals surface area contributed by atoms with Gasteiger partial charge >= 0.3 is 5.97 Å². The third kappa shape index (κ3) is 4.79. The zero-order valence-electron chi connectivity index (χ0n) is 10.7. The van der Waals surface area contributed by atoms with Gasteiger partial charge in [-0.1, -0.05) is 19.9 Å². The van der Waals surface area contributed by atoms with Crippen LogP contribution in [0.25, 0.3) is 0 Å². The van der Waals surface area contributed by atoms with Gasteiger partial charge in [-0.25, -0.2) is 4.79 Å². The first-order valence-electron chi connectivity index (χ1n) is 5.62. The van der Waals surface area contributed by atoms with Crippen molar-refractivity contribution in [3.8, 4) is 0 Å². The number of benzene rings is 1. The van der Waals surface area contributed by atoms with Crippen molar-refractivity contribution in [2.45, 2.75) is 19.1 Å². The highest BCUT2D eigenvalue weighted by molar-refractivity contribution is 8.00. The molecule has 0 radical (unpaired) electrons. The van der Waals surface area contributed by atoms with Gasteiger partial charge in [-0.05, 0) is 23.4 Å². The molecule has 0 bridgehead atoms. The van der Waals surface area contributed by atoms with Gasteiger partial charge in [-0.2, -0.15) is 0 Å². The number of nitrogens with one attached hydrogen (secondary N) is 1. The monoisotopic (exact) mass is 267 g/mol. The fraction of sp³-hybridized carbons (Fsp3) is 0.385. The summed E-state index contributed by atoms with van der Waals surface area (Å²) in [5.41, 5.74) is 1.03. The van der Waals surface area contributed by atoms with Gasteiger partial charge in [0, 0.05) is 5.69 Å². The maximum atomic E-state index is 11.6. The third-order valence-electron chi connectivity index (χ3n) is 2.12. The zero-order valence-corrected chi connectivity index (χ0v) is 11.5. The second-order valence-electron chi connectivity index (χ2n) is 3.98. The van der Waals surface area contributed by atoms with Crippen LogP contribution in [0.1, 0.15) is 24.2 Å². The molecule has 0 aliphatic carbocycles. The highest BCUT2D eigenvalue weighted by Gasteiger charge is 2.08. The summed E-state index contributed by atoms with van der Waals surface area (Å²) in [6.07, 6.45) is 0. The minimum Gasteiger partial charge on any atom is -0.465 e. The molecular weight excluding hydrogens is 250 g/mol. The summed E-state index contributed by atoms with van der Waals surface area (Å²) < 4.78 is 4.62. The maximum Gasteiger partial charge on any atom is 0.337 e. The molecular formula is C13H17NO3S. The molecule has 0 aromatic heterocycles. The lowest BCUT2D eigenvalue weighted by Crippen LogP contribution is -2.15. The Kier molecular flexibility index (Phi) is 5.71. The van der Waals surface area contributed by atoms with Gasteiger partial charge in [0.25, 0.3) is 0 Å². The highest BCUT2D eigenvalue weighted by Crippen LogP contribution is 2.13. The standard InChI is InChI=1S/C13H17NO3S/c1-9(2)18-8-12(15)14-11-6-4-5-10(7-11)13(16)17-3/h4-7,9H,8H2,1-3H3,(H,14,15). The largest absolute Gasteiger partial charge is 0.465 e. The number of rotatable bonds is 5. The Morgan fingerprint density at radius 1 is 1.39 bits per heavy atom. The van der Waals surface area contributed by atoms with Crippen molar-refractivity contribution in [2.75, 3.05) is 18.2 Å². The second-order valence-corrected chi connectivity index (χ2v) is 5.55. The molecule has 0 saturated carbocycles. The molecule has 98 valence electrons. The molecule has 5 heteroatoms. The number of carbonyl (C=O) groups is 2. The molecule has 1 N–H and O–H groups in total. The molecule has 18 heavy (non-hydrogen) atoms. The van der Waals surface area contributed by atoms with E-state index < -0.39 is 5.97 Å². The molecule has 1 aromatic rings. The predicted octanol–water partition coefficient (Wildman–Crippen LogP) is 2.55. The summed E-state index contributed by atoms with van der Waals surface area (Å²) in [7, 11) is 1.33. The van der Waals surface area contributed by atoms with Crippen molar-refractivity contribution in [2.24, 2.45) is 0 Å². The van der Waals surface area contributed by atoms with Gasteiger partial charge in [0.2, 0.25) is 5.91 Å². The third-order valence-corrected chi connectivity index (χ3v) is 3.21. The van der Waals surface area contributed by atoms with Crippen molar-refractivity contribution in [1.82, 2.24) is 0 Å². The Balaban J connectivity index is 2.62. The number of carbonyl (C=O) groups excluding carboxylic acids is 2. The predicted molar refractivity (Wildman–Crippen MR) is 74.0 cm³/mol. The van der Waals surface area contributed by atoms with Gasteiger partial charge in [0.1, 0.15) is 0 Å². The average molecular weight is 267 g/mol. The molecule has 0 atom stereocenters. The Morgan fingerprint density at radius 2 is 2.11 bits per heavy atom. The van der Waals surface area contributed by atoms with Crippen LogP contribution < -0.4 is 5.32 Å². The van der Waals surface area contributed by atoms with Crippen LogP contribution in [0.15, 0.2) is 24.3 Å². The number of esters is 1. The highest BCUT2D eigenvalue weighted by atomic mass is 32.2. The molecule has 0 unspecified atom stereocenters. The van der Waals surface area contributed by atoms with Crippen LogP contribution in [0.5, 0.6) is 0 Å². The lowest BCUT2D eigenvalue weighted by atomic mass is 10.2. The Morgan fingerprint density at radius 3 is 2.72 bits per heavy atom. The number of hydrogen-bond donors (Lipinski definition) is 1. The van der Waals surface area contributed by atoms with Crippen molar-refractivity contribution < 1.29 is 14.3 Å². The molecule has 1 rings (SSSR count). The molecule has 0 aliphatic heterocycles. The smallest absolute Gasteiger partial charge is 0.337 e. The van der Waals surface area contributed by atoms with E-state index in [9.17, 15) is 9.59 Å². The van der Waals surface area contributed by atoms with E-state index in [0.29, 0.717) is 22.3 Å². The van der Waals surface area contributed by atoms with Crippen LogP contribution in [0.3, 0.4) is 0 Å². The number of ether oxygens (including phenoxy) is 1. The van der Waals surface area contributed by atoms with Crippen molar-refractivity contribution >= 4 is 29.3 Å². The Bertz CT molecular complexity index is 432. The first-order chi connectivity index (χ1) is 8.52. The van der Waals surface area contributed by atoms with Crippen LogP contribution >= 0.6 is 11.8 Å². The van der Waals surface area contributed by atoms with Crippen LogP contribution in [-0.2, 0) is 9.53 Å². The lowest BCUT2D eigenvalue weighted by molar-refractivity contribution is -0.113. The summed E-state index contributed by atoms with van der Waals surface area (Å²) in [5, 5.41) is 3.16. The summed E-state index contributed by atoms with van der Waals surface area (Å²) in [6.45, 7) is 4.08. The quantitative estimate of drug-likeness (QED) is 0.833. The van der Waals surface area contributed by atoms with Gasteiger partial charge < -0.3 is 10.1 Å². The van der Waals surface area contributed by atoms with Crippen molar-refractivity contribution in [3.63, 3.8) is 0 Å². The van der Waals surface area contributed by atoms with Gasteiger partial charge in [-0.3, -0.25) is 4.79 Å². The Hall–Kier alpha value is -1.49. The van der Waals surface area contributed by atoms with E-state index in [1.54, 1.807) is 36.0 Å². The maximum absolute atomic E-state index is 11.6. The van der Waals surface area contributed by atoms with Gasteiger partial charge in [0.05, 0.1) is 18.4 Å². The average Bonchev–Trinajstić information content (AvgIpc) is 2.35. The van der Waals surface area contributed by atoms with Gasteiger partial charge in [0.15, 0.2) is 0 Å². The number of amides is 1. The minimum absolute atomic E-state index is 0.0734. The lowest BCUT2D eigenvalue weighted by Gasteiger charge is -2.07. The first kappa shape index (κ1) is 14.6. The topological polar surface area (TPSA) is 55.4 Å². The molecule has 0 saturated heterocycles. The molecule has 1 amide bonds. The number of methoxy groups -OCH3 is 1. The molecule has 0 fully saturated rings. The van der Waals surface area contributed by atoms with Crippen LogP contribution in [0.2, 0.25) is 0 Å². The van der Waals surface area contributed by atoms with E-state index in [2.05, 4.69) is 10.1 Å². The van der Waals surface area contributed by atoms with E-state index in [4.69, 9.17) is 0 Å². The van der Waals surface area contributed by atoms with E-state index in [-0.39, 0.29) is 5.91 Å². The number of anilines is 1. The summed E-state index contributed by atoms with van der Waals surface area (Å²) in [6, 6.07) is 6.69. The second kappa shape index (κ2) is 7.06. The number of hydrogen-bond acceptors (Lipinski definition) is 4. The molecule has 0 aliphatic rings. The van der Waals surface area contributed by atoms with E-state index in [1.807, 2.05) is 13.8 Å². The Labute approximate surface area is 111 Å². The molecule has 4 nitrogen and oxygen atoms in total. The van der Waals surface area contributed by atoms with Crippen molar-refractivity contribution in [1.29, 1.82) is 0 Å². The molecule has 1 aromatic carbocycles. The number of thioether (sulfide) groups is 1. The zero-order chi connectivity index (χ0) is 13.5. The van der Waals surface area contributed by atoms with E-state index >= 15 is 0 Å². The normalized spacial score (nSPS) is 10.2. The summed E-state index contributed by atoms with van der Waals surface area (Å²) in [5.74, 6) is -0.0847. The van der Waals surface area contributed by atoms with Crippen molar-refractivity contribution in [3.05, 3.63) is 29.8 Å². The SMILES string of the molecule is COC(=O)c1cccc(NC(=O)CSC(C)C)c1. The summed E-state index contributed by atoms with van der Waals surface area (Å²) in [4.78, 5) is 22.9. The van der Waals surface area contributed by atoms with Gasteiger partial charge in [-0.15, -0.1) is 11.8 Å². The van der Waals surface area contributed by atoms with Crippen LogP contribution in [0, 0.1) is 0 Å². The van der Waals surface area contributed by atoms with Crippen LogP contribution in [0.4, 0.5) is 5.69 Å². The minimum atomic E-state index is -0.414. The fourth-order valence-corrected chi connectivity index (χ4v) is 1.84. The van der Waals surface area contributed by atoms with Crippen LogP contribution in [-0.4, -0.2) is 30.0 Å². The fourth-order valence-electron chi connectivity index (χ4n) is 1.28. The molecule has 0 heterocycles. The first-order valence-corrected chi connectivity index (χ1v) is 6.67.